The molecule has 0 aromatic heterocycles. The van der Waals surface area contributed by atoms with Gasteiger partial charge in [-0.25, -0.2) is 0 Å². The van der Waals surface area contributed by atoms with Crippen molar-refractivity contribution in [3.63, 3.8) is 0 Å². The molecule has 0 amide bonds. The summed E-state index contributed by atoms with van der Waals surface area (Å²) in [5.41, 5.74) is -0.619. The fraction of sp³-hybridized carbons (Fsp3) is 0.900. The van der Waals surface area contributed by atoms with Crippen molar-refractivity contribution < 1.29 is 4.79 Å². The van der Waals surface area contributed by atoms with Gasteiger partial charge in [-0.05, 0) is 27.9 Å². The Morgan fingerprint density at radius 1 is 1.00 bits per heavy atom. The van der Waals surface area contributed by atoms with Gasteiger partial charge in [0.1, 0.15) is 0 Å². The lowest BCUT2D eigenvalue weighted by Crippen LogP contribution is -2.50. The van der Waals surface area contributed by atoms with Crippen LogP contribution in [0.1, 0.15) is 34.6 Å². The standard InChI is InChI=1S/C10H21NO/c1-9(2,3)8(12)10(4,5)11(6)7/h1-7H3. The Morgan fingerprint density at radius 2 is 1.33 bits per heavy atom. The smallest absolute Gasteiger partial charge is 0.157 e. The highest BCUT2D eigenvalue weighted by atomic mass is 16.1. The Morgan fingerprint density at radius 3 is 1.42 bits per heavy atom. The summed E-state index contributed by atoms with van der Waals surface area (Å²) in [5.74, 6) is 0.278. The lowest BCUT2D eigenvalue weighted by Gasteiger charge is -2.36. The van der Waals surface area contributed by atoms with E-state index in [9.17, 15) is 4.79 Å². The SMILES string of the molecule is CN(C)C(C)(C)C(=O)C(C)(C)C. The fourth-order valence-electron chi connectivity index (χ4n) is 1.12. The largest absolute Gasteiger partial charge is 0.298 e. The van der Waals surface area contributed by atoms with Crippen LogP contribution in [0.15, 0.2) is 0 Å². The zero-order valence-electron chi connectivity index (χ0n) is 9.36. The summed E-state index contributed by atoms with van der Waals surface area (Å²) >= 11 is 0. The molecule has 0 heterocycles. The molecular formula is C10H21NO. The van der Waals surface area contributed by atoms with Crippen LogP contribution < -0.4 is 0 Å². The summed E-state index contributed by atoms with van der Waals surface area (Å²) < 4.78 is 0. The van der Waals surface area contributed by atoms with E-state index in [0.717, 1.165) is 0 Å². The zero-order valence-corrected chi connectivity index (χ0v) is 9.36. The molecule has 0 saturated carbocycles. The Bertz CT molecular complexity index is 175. The Labute approximate surface area is 75.9 Å². The minimum atomic E-state index is -0.363. The normalized spacial score (nSPS) is 13.7. The molecule has 12 heavy (non-hydrogen) atoms. The average Bonchev–Trinajstić information content (AvgIpc) is 1.83. The van der Waals surface area contributed by atoms with Gasteiger partial charge in [0.25, 0.3) is 0 Å². The van der Waals surface area contributed by atoms with Crippen LogP contribution in [0, 0.1) is 5.41 Å². The van der Waals surface area contributed by atoms with Gasteiger partial charge in [0.15, 0.2) is 5.78 Å². The molecule has 0 atom stereocenters. The van der Waals surface area contributed by atoms with Crippen LogP contribution in [0.4, 0.5) is 0 Å². The quantitative estimate of drug-likeness (QED) is 0.633. The minimum Gasteiger partial charge on any atom is -0.298 e. The maximum Gasteiger partial charge on any atom is 0.157 e. The number of rotatable bonds is 2. The van der Waals surface area contributed by atoms with Crippen molar-refractivity contribution in [3.05, 3.63) is 0 Å². The number of hydrogen-bond acceptors (Lipinski definition) is 2. The molecule has 0 aliphatic rings. The summed E-state index contributed by atoms with van der Waals surface area (Å²) in [6.45, 7) is 9.79. The molecule has 2 heteroatoms. The summed E-state index contributed by atoms with van der Waals surface area (Å²) in [6.07, 6.45) is 0. The topological polar surface area (TPSA) is 20.3 Å². The second-order valence-corrected chi connectivity index (χ2v) is 5.03. The first-order valence-electron chi connectivity index (χ1n) is 4.32. The molecule has 72 valence electrons. The first-order chi connectivity index (χ1) is 5.10. The van der Waals surface area contributed by atoms with E-state index in [4.69, 9.17) is 0 Å². The number of carbonyl (C=O) groups excluding carboxylic acids is 1. The van der Waals surface area contributed by atoms with E-state index >= 15 is 0 Å². The van der Waals surface area contributed by atoms with Gasteiger partial charge >= 0.3 is 0 Å². The van der Waals surface area contributed by atoms with Crippen molar-refractivity contribution in [2.24, 2.45) is 5.41 Å². The van der Waals surface area contributed by atoms with E-state index < -0.39 is 0 Å². The predicted octanol–water partition coefficient (Wildman–Crippen LogP) is 1.94. The van der Waals surface area contributed by atoms with E-state index in [0.29, 0.717) is 0 Å². The van der Waals surface area contributed by atoms with Gasteiger partial charge in [0.05, 0.1) is 5.54 Å². The van der Waals surface area contributed by atoms with Gasteiger partial charge in [0, 0.05) is 5.41 Å². The monoisotopic (exact) mass is 171 g/mol. The molecule has 0 N–H and O–H groups in total. The molecule has 0 aromatic carbocycles. The van der Waals surface area contributed by atoms with Crippen molar-refractivity contribution in [1.82, 2.24) is 4.90 Å². The van der Waals surface area contributed by atoms with Gasteiger partial charge in [0.2, 0.25) is 0 Å². The molecule has 0 saturated heterocycles. The minimum absolute atomic E-state index is 0.256. The van der Waals surface area contributed by atoms with E-state index in [1.165, 1.54) is 0 Å². The van der Waals surface area contributed by atoms with E-state index in [1.807, 2.05) is 53.6 Å². The number of hydrogen-bond donors (Lipinski definition) is 0. The van der Waals surface area contributed by atoms with Crippen LogP contribution in [0.2, 0.25) is 0 Å². The van der Waals surface area contributed by atoms with Gasteiger partial charge < -0.3 is 0 Å². The van der Waals surface area contributed by atoms with E-state index in [1.54, 1.807) is 0 Å². The summed E-state index contributed by atoms with van der Waals surface area (Å²) in [4.78, 5) is 13.8. The van der Waals surface area contributed by atoms with E-state index in [2.05, 4.69) is 0 Å². The maximum absolute atomic E-state index is 11.9. The van der Waals surface area contributed by atoms with Crippen molar-refractivity contribution >= 4 is 5.78 Å². The van der Waals surface area contributed by atoms with Crippen LogP contribution in [0.25, 0.3) is 0 Å². The molecule has 0 rings (SSSR count). The maximum atomic E-state index is 11.9. The third kappa shape index (κ3) is 2.31. The van der Waals surface area contributed by atoms with Gasteiger partial charge in [-0.15, -0.1) is 0 Å². The molecule has 0 radical (unpaired) electrons. The third-order valence-electron chi connectivity index (χ3n) is 2.35. The molecule has 0 fully saturated rings. The van der Waals surface area contributed by atoms with Gasteiger partial charge in [-0.2, -0.15) is 0 Å². The highest BCUT2D eigenvalue weighted by Crippen LogP contribution is 2.25. The highest BCUT2D eigenvalue weighted by Gasteiger charge is 2.37. The van der Waals surface area contributed by atoms with Crippen molar-refractivity contribution in [2.75, 3.05) is 14.1 Å². The highest BCUT2D eigenvalue weighted by molar-refractivity contribution is 5.91. The number of nitrogens with zero attached hydrogens (tertiary/aromatic N) is 1. The molecule has 0 bridgehead atoms. The first kappa shape index (κ1) is 11.6. The zero-order chi connectivity index (χ0) is 10.2. The van der Waals surface area contributed by atoms with Crippen molar-refractivity contribution in [1.29, 1.82) is 0 Å². The number of ketones is 1. The van der Waals surface area contributed by atoms with Crippen LogP contribution in [-0.4, -0.2) is 30.3 Å². The molecule has 2 nitrogen and oxygen atoms in total. The summed E-state index contributed by atoms with van der Waals surface area (Å²) in [7, 11) is 3.87. The first-order valence-corrected chi connectivity index (χ1v) is 4.32. The second-order valence-electron chi connectivity index (χ2n) is 5.03. The lowest BCUT2D eigenvalue weighted by molar-refractivity contribution is -0.135. The second kappa shape index (κ2) is 3.17. The summed E-state index contributed by atoms with van der Waals surface area (Å²) in [6, 6.07) is 0. The van der Waals surface area contributed by atoms with Crippen LogP contribution in [0.5, 0.6) is 0 Å². The Kier molecular flexibility index (Phi) is 3.07. The number of likely N-dealkylation sites (N-methyl/N-ethyl adjacent to an activating group) is 1. The van der Waals surface area contributed by atoms with Gasteiger partial charge in [-0.3, -0.25) is 9.69 Å². The van der Waals surface area contributed by atoms with Gasteiger partial charge in [-0.1, -0.05) is 20.8 Å². The lowest BCUT2D eigenvalue weighted by atomic mass is 9.79. The Hall–Kier alpha value is -0.370. The van der Waals surface area contributed by atoms with Crippen LogP contribution in [-0.2, 0) is 4.79 Å². The Balaban J connectivity index is 4.70. The third-order valence-corrected chi connectivity index (χ3v) is 2.35. The van der Waals surface area contributed by atoms with Crippen LogP contribution in [0.3, 0.4) is 0 Å². The summed E-state index contributed by atoms with van der Waals surface area (Å²) in [5, 5.41) is 0. The number of Topliss-reactive ketones (excluding diaryl/α,β-unsaturated/α-hetero) is 1. The molecule has 0 aliphatic heterocycles. The number of carbonyl (C=O) groups is 1. The van der Waals surface area contributed by atoms with Crippen molar-refractivity contribution in [2.45, 2.75) is 40.2 Å². The molecule has 0 spiro atoms. The van der Waals surface area contributed by atoms with Crippen molar-refractivity contribution in [3.8, 4) is 0 Å². The fourth-order valence-corrected chi connectivity index (χ4v) is 1.12. The molecule has 0 aromatic rings. The molecule has 0 aliphatic carbocycles. The predicted molar refractivity (Wildman–Crippen MR) is 52.2 cm³/mol. The van der Waals surface area contributed by atoms with Crippen LogP contribution >= 0.6 is 0 Å². The molecule has 0 unspecified atom stereocenters. The average molecular weight is 171 g/mol. The molecular weight excluding hydrogens is 150 g/mol. The van der Waals surface area contributed by atoms with E-state index in [-0.39, 0.29) is 16.7 Å².